The molecule has 1 unspecified atom stereocenters. The molecule has 0 amide bonds. The van der Waals surface area contributed by atoms with Crippen LogP contribution in [0.25, 0.3) is 0 Å². The van der Waals surface area contributed by atoms with Gasteiger partial charge in [-0.15, -0.1) is 0 Å². The van der Waals surface area contributed by atoms with Gasteiger partial charge in [0.1, 0.15) is 0 Å². The lowest BCUT2D eigenvalue weighted by Gasteiger charge is -2.30. The zero-order chi connectivity index (χ0) is 12.6. The summed E-state index contributed by atoms with van der Waals surface area (Å²) in [5, 5.41) is 0. The lowest BCUT2D eigenvalue weighted by Crippen LogP contribution is -2.38. The molecular formula is C15H21NO2. The van der Waals surface area contributed by atoms with Crippen molar-refractivity contribution < 1.29 is 9.47 Å². The van der Waals surface area contributed by atoms with Crippen LogP contribution in [-0.4, -0.2) is 36.5 Å². The minimum absolute atomic E-state index is 0.213. The maximum Gasteiger partial charge on any atom is 0.163 e. The fourth-order valence-electron chi connectivity index (χ4n) is 2.85. The summed E-state index contributed by atoms with van der Waals surface area (Å²) in [5.41, 5.74) is 2.96. The van der Waals surface area contributed by atoms with Crippen LogP contribution in [0.5, 0.6) is 0 Å². The number of ether oxygens (including phenoxy) is 2. The van der Waals surface area contributed by atoms with Gasteiger partial charge in [-0.3, -0.25) is 4.90 Å². The van der Waals surface area contributed by atoms with E-state index in [0.717, 1.165) is 26.1 Å². The summed E-state index contributed by atoms with van der Waals surface area (Å²) in [7, 11) is 0. The second kappa shape index (κ2) is 4.65. The molecule has 0 aliphatic carbocycles. The average molecular weight is 247 g/mol. The third-order valence-electron chi connectivity index (χ3n) is 3.74. The topological polar surface area (TPSA) is 21.7 Å². The molecule has 0 spiro atoms. The van der Waals surface area contributed by atoms with E-state index in [4.69, 9.17) is 9.47 Å². The van der Waals surface area contributed by atoms with Gasteiger partial charge in [-0.25, -0.2) is 0 Å². The van der Waals surface area contributed by atoms with Crippen molar-refractivity contribution in [2.75, 3.05) is 19.7 Å². The van der Waals surface area contributed by atoms with E-state index in [1.807, 2.05) is 13.8 Å². The summed E-state index contributed by atoms with van der Waals surface area (Å²) < 4.78 is 11.5. The minimum atomic E-state index is -0.404. The first kappa shape index (κ1) is 12.2. The van der Waals surface area contributed by atoms with Crippen LogP contribution in [0.4, 0.5) is 0 Å². The lowest BCUT2D eigenvalue weighted by atomic mass is 10.00. The van der Waals surface area contributed by atoms with E-state index < -0.39 is 5.79 Å². The summed E-state index contributed by atoms with van der Waals surface area (Å²) in [5.74, 6) is -0.404. The second-order valence-corrected chi connectivity index (χ2v) is 5.70. The molecule has 3 heteroatoms. The fourth-order valence-corrected chi connectivity index (χ4v) is 2.85. The Morgan fingerprint density at radius 2 is 2.06 bits per heavy atom. The number of hydrogen-bond acceptors (Lipinski definition) is 3. The van der Waals surface area contributed by atoms with Crippen LogP contribution in [0, 0.1) is 0 Å². The van der Waals surface area contributed by atoms with Crippen LogP contribution in [0.15, 0.2) is 24.3 Å². The van der Waals surface area contributed by atoms with Crippen molar-refractivity contribution in [3.63, 3.8) is 0 Å². The van der Waals surface area contributed by atoms with Crippen molar-refractivity contribution in [2.45, 2.75) is 38.7 Å². The zero-order valence-electron chi connectivity index (χ0n) is 11.2. The van der Waals surface area contributed by atoms with Gasteiger partial charge in [-0.1, -0.05) is 24.3 Å². The summed E-state index contributed by atoms with van der Waals surface area (Å²) in [4.78, 5) is 2.47. The number of rotatable bonds is 2. The lowest BCUT2D eigenvalue weighted by molar-refractivity contribution is -0.140. The van der Waals surface area contributed by atoms with E-state index in [-0.39, 0.29) is 6.10 Å². The van der Waals surface area contributed by atoms with Gasteiger partial charge in [0.05, 0.1) is 12.7 Å². The molecule has 0 aromatic heterocycles. The Balaban J connectivity index is 1.60. The fraction of sp³-hybridized carbons (Fsp3) is 0.600. The van der Waals surface area contributed by atoms with Gasteiger partial charge in [0.2, 0.25) is 0 Å². The van der Waals surface area contributed by atoms with Crippen LogP contribution in [0.2, 0.25) is 0 Å². The van der Waals surface area contributed by atoms with Crippen molar-refractivity contribution in [1.82, 2.24) is 4.90 Å². The van der Waals surface area contributed by atoms with Gasteiger partial charge in [-0.05, 0) is 31.4 Å². The first-order valence-electron chi connectivity index (χ1n) is 6.73. The van der Waals surface area contributed by atoms with Gasteiger partial charge < -0.3 is 9.47 Å². The van der Waals surface area contributed by atoms with Gasteiger partial charge in [0, 0.05) is 19.6 Å². The molecule has 0 bridgehead atoms. The van der Waals surface area contributed by atoms with Gasteiger partial charge in [0.15, 0.2) is 5.79 Å². The first-order valence-corrected chi connectivity index (χ1v) is 6.73. The highest BCUT2D eigenvalue weighted by Crippen LogP contribution is 2.25. The third-order valence-corrected chi connectivity index (χ3v) is 3.74. The molecule has 1 fully saturated rings. The van der Waals surface area contributed by atoms with Crippen LogP contribution < -0.4 is 0 Å². The standard InChI is InChI=1S/C15H21NO2/c1-15(2)17-11-14(18-15)10-16-8-7-12-5-3-4-6-13(12)9-16/h3-6,14H,7-11H2,1-2H3. The van der Waals surface area contributed by atoms with Crippen molar-refractivity contribution in [1.29, 1.82) is 0 Å². The molecule has 0 saturated carbocycles. The van der Waals surface area contributed by atoms with Crippen LogP contribution in [0.3, 0.4) is 0 Å². The molecule has 1 atom stereocenters. The smallest absolute Gasteiger partial charge is 0.163 e. The molecule has 1 aromatic carbocycles. The van der Waals surface area contributed by atoms with Gasteiger partial charge >= 0.3 is 0 Å². The number of benzene rings is 1. The molecule has 2 aliphatic heterocycles. The second-order valence-electron chi connectivity index (χ2n) is 5.70. The van der Waals surface area contributed by atoms with Crippen LogP contribution in [-0.2, 0) is 22.4 Å². The quantitative estimate of drug-likeness (QED) is 0.799. The molecule has 1 aromatic rings. The number of fused-ring (bicyclic) bond motifs is 1. The molecule has 0 N–H and O–H groups in total. The van der Waals surface area contributed by atoms with E-state index >= 15 is 0 Å². The summed E-state index contributed by atoms with van der Waals surface area (Å²) >= 11 is 0. The molecule has 2 aliphatic rings. The van der Waals surface area contributed by atoms with Crippen LogP contribution >= 0.6 is 0 Å². The summed E-state index contributed by atoms with van der Waals surface area (Å²) in [6.07, 6.45) is 1.36. The van der Waals surface area contributed by atoms with E-state index in [0.29, 0.717) is 6.61 Å². The van der Waals surface area contributed by atoms with E-state index in [9.17, 15) is 0 Å². The van der Waals surface area contributed by atoms with Crippen molar-refractivity contribution in [3.8, 4) is 0 Å². The SMILES string of the molecule is CC1(C)OCC(CN2CCc3ccccc3C2)O1. The van der Waals surface area contributed by atoms with Crippen molar-refractivity contribution >= 4 is 0 Å². The molecule has 98 valence electrons. The largest absolute Gasteiger partial charge is 0.348 e. The maximum absolute atomic E-state index is 5.88. The Morgan fingerprint density at radius 3 is 2.78 bits per heavy atom. The zero-order valence-corrected chi connectivity index (χ0v) is 11.2. The molecule has 1 saturated heterocycles. The van der Waals surface area contributed by atoms with E-state index in [2.05, 4.69) is 29.2 Å². The van der Waals surface area contributed by atoms with Gasteiger partial charge in [-0.2, -0.15) is 0 Å². The molecule has 3 rings (SSSR count). The Labute approximate surface area is 109 Å². The number of hydrogen-bond donors (Lipinski definition) is 0. The molecular weight excluding hydrogens is 226 g/mol. The average Bonchev–Trinajstić information content (AvgIpc) is 2.68. The van der Waals surface area contributed by atoms with Crippen LogP contribution in [0.1, 0.15) is 25.0 Å². The van der Waals surface area contributed by atoms with E-state index in [1.54, 1.807) is 0 Å². The highest BCUT2D eigenvalue weighted by atomic mass is 16.7. The van der Waals surface area contributed by atoms with E-state index in [1.165, 1.54) is 11.1 Å². The molecule has 2 heterocycles. The highest BCUT2D eigenvalue weighted by molar-refractivity contribution is 5.29. The normalized spacial score (nSPS) is 27.1. The Hall–Kier alpha value is -0.900. The third kappa shape index (κ3) is 2.58. The highest BCUT2D eigenvalue weighted by Gasteiger charge is 2.33. The van der Waals surface area contributed by atoms with Crippen molar-refractivity contribution in [2.24, 2.45) is 0 Å². The monoisotopic (exact) mass is 247 g/mol. The Morgan fingerprint density at radius 1 is 1.28 bits per heavy atom. The molecule has 3 nitrogen and oxygen atoms in total. The Kier molecular flexibility index (Phi) is 3.14. The minimum Gasteiger partial charge on any atom is -0.348 e. The summed E-state index contributed by atoms with van der Waals surface area (Å²) in [6.45, 7) is 7.81. The summed E-state index contributed by atoms with van der Waals surface area (Å²) in [6, 6.07) is 8.73. The molecule has 0 radical (unpaired) electrons. The van der Waals surface area contributed by atoms with Crippen molar-refractivity contribution in [3.05, 3.63) is 35.4 Å². The first-order chi connectivity index (χ1) is 8.62. The molecule has 18 heavy (non-hydrogen) atoms. The predicted molar refractivity (Wildman–Crippen MR) is 70.3 cm³/mol. The Bertz CT molecular complexity index is 430. The maximum atomic E-state index is 5.88. The van der Waals surface area contributed by atoms with Gasteiger partial charge in [0.25, 0.3) is 0 Å². The number of nitrogens with zero attached hydrogens (tertiary/aromatic N) is 1. The predicted octanol–water partition coefficient (Wildman–Crippen LogP) is 2.20.